The molecule has 5 aromatic rings. The van der Waals surface area contributed by atoms with Gasteiger partial charge in [-0.3, -0.25) is 0 Å². The molecular weight excluding hydrogens is 436 g/mol. The summed E-state index contributed by atoms with van der Waals surface area (Å²) in [5.74, 6) is 1.28. The highest BCUT2D eigenvalue weighted by molar-refractivity contribution is 6.02. The molecule has 172 valence electrons. The number of hydrogen-bond donors (Lipinski definition) is 2. The number of nitrogens with zero attached hydrogens (tertiary/aromatic N) is 3. The number of aryl methyl sites for hydroxylation is 1. The van der Waals surface area contributed by atoms with E-state index in [1.54, 1.807) is 19.4 Å². The number of phenols is 1. The second-order valence-electron chi connectivity index (χ2n) is 8.15. The van der Waals surface area contributed by atoms with Gasteiger partial charge in [0.15, 0.2) is 0 Å². The lowest BCUT2D eigenvalue weighted by Crippen LogP contribution is -2.00. The predicted molar refractivity (Wildman–Crippen MR) is 141 cm³/mol. The summed E-state index contributed by atoms with van der Waals surface area (Å²) in [5, 5.41) is 16.7. The zero-order valence-electron chi connectivity index (χ0n) is 19.4. The molecule has 0 saturated heterocycles. The van der Waals surface area contributed by atoms with Crippen LogP contribution in [0, 0.1) is 6.92 Å². The van der Waals surface area contributed by atoms with Gasteiger partial charge in [0, 0.05) is 16.7 Å². The normalized spacial score (nSPS) is 11.1. The standard InChI is InChI=1S/C29H24N4O2/c1-19-7-9-21(10-8-19)26-17-27(22-11-14-23(35-2)15-12-22)32-29(31-26)33-30-18-25-24-6-4-3-5-20(24)13-16-28(25)34/h3-18,34H,1-2H3,(H,31,32,33). The van der Waals surface area contributed by atoms with E-state index in [1.807, 2.05) is 72.8 Å². The Balaban J connectivity index is 1.52. The molecular formula is C29H24N4O2. The molecule has 35 heavy (non-hydrogen) atoms. The highest BCUT2D eigenvalue weighted by Gasteiger charge is 2.10. The van der Waals surface area contributed by atoms with Crippen LogP contribution in [0.25, 0.3) is 33.3 Å². The highest BCUT2D eigenvalue weighted by atomic mass is 16.5. The van der Waals surface area contributed by atoms with E-state index in [9.17, 15) is 5.11 Å². The van der Waals surface area contributed by atoms with Crippen molar-refractivity contribution in [3.8, 4) is 34.0 Å². The summed E-state index contributed by atoms with van der Waals surface area (Å²) in [6.45, 7) is 2.05. The van der Waals surface area contributed by atoms with E-state index in [0.717, 1.165) is 39.0 Å². The fraction of sp³-hybridized carbons (Fsp3) is 0.0690. The van der Waals surface area contributed by atoms with E-state index < -0.39 is 0 Å². The Morgan fingerprint density at radius 3 is 2.17 bits per heavy atom. The maximum Gasteiger partial charge on any atom is 0.244 e. The Morgan fingerprint density at radius 1 is 0.829 bits per heavy atom. The molecule has 0 saturated carbocycles. The average molecular weight is 461 g/mol. The van der Waals surface area contributed by atoms with Crippen molar-refractivity contribution in [2.24, 2.45) is 5.10 Å². The first kappa shape index (κ1) is 22.1. The number of fused-ring (bicyclic) bond motifs is 1. The number of benzene rings is 4. The third-order valence-corrected chi connectivity index (χ3v) is 5.77. The highest BCUT2D eigenvalue weighted by Crippen LogP contribution is 2.28. The topological polar surface area (TPSA) is 79.6 Å². The average Bonchev–Trinajstić information content (AvgIpc) is 2.90. The third-order valence-electron chi connectivity index (χ3n) is 5.77. The summed E-state index contributed by atoms with van der Waals surface area (Å²) >= 11 is 0. The minimum atomic E-state index is 0.155. The third kappa shape index (κ3) is 4.82. The van der Waals surface area contributed by atoms with Gasteiger partial charge in [0.1, 0.15) is 11.5 Å². The van der Waals surface area contributed by atoms with Crippen molar-refractivity contribution in [3.63, 3.8) is 0 Å². The van der Waals surface area contributed by atoms with E-state index in [2.05, 4.69) is 39.6 Å². The zero-order valence-corrected chi connectivity index (χ0v) is 19.4. The molecule has 4 aromatic carbocycles. The molecule has 0 radical (unpaired) electrons. The van der Waals surface area contributed by atoms with Crippen molar-refractivity contribution in [2.45, 2.75) is 6.92 Å². The minimum Gasteiger partial charge on any atom is -0.507 e. The van der Waals surface area contributed by atoms with Crippen LogP contribution < -0.4 is 10.2 Å². The molecule has 0 bridgehead atoms. The van der Waals surface area contributed by atoms with E-state index in [4.69, 9.17) is 4.74 Å². The first-order valence-electron chi connectivity index (χ1n) is 11.2. The summed E-state index contributed by atoms with van der Waals surface area (Å²) in [6, 6.07) is 29.2. The number of ether oxygens (including phenoxy) is 1. The van der Waals surface area contributed by atoms with Crippen LogP contribution in [0.2, 0.25) is 0 Å². The fourth-order valence-corrected chi connectivity index (χ4v) is 3.85. The second kappa shape index (κ2) is 9.65. The predicted octanol–water partition coefficient (Wildman–Crippen LogP) is 6.43. The Kier molecular flexibility index (Phi) is 6.09. The molecule has 0 aliphatic heterocycles. The molecule has 0 spiro atoms. The Labute approximate surface area is 203 Å². The number of aromatic hydroxyl groups is 1. The first-order valence-corrected chi connectivity index (χ1v) is 11.2. The van der Waals surface area contributed by atoms with Crippen LogP contribution in [0.15, 0.2) is 96.1 Å². The summed E-state index contributed by atoms with van der Waals surface area (Å²) in [7, 11) is 1.64. The van der Waals surface area contributed by atoms with Crippen molar-refractivity contribution < 1.29 is 9.84 Å². The number of hydrazone groups is 1. The van der Waals surface area contributed by atoms with E-state index >= 15 is 0 Å². The van der Waals surface area contributed by atoms with E-state index in [1.165, 1.54) is 5.56 Å². The molecule has 0 aliphatic rings. The molecule has 0 fully saturated rings. The minimum absolute atomic E-state index is 0.155. The van der Waals surface area contributed by atoms with Crippen LogP contribution in [-0.4, -0.2) is 28.4 Å². The van der Waals surface area contributed by atoms with Crippen molar-refractivity contribution >= 4 is 22.9 Å². The smallest absolute Gasteiger partial charge is 0.244 e. The maximum atomic E-state index is 10.4. The fourth-order valence-electron chi connectivity index (χ4n) is 3.85. The Bertz CT molecular complexity index is 1510. The summed E-state index contributed by atoms with van der Waals surface area (Å²) in [6.07, 6.45) is 1.59. The van der Waals surface area contributed by atoms with Gasteiger partial charge < -0.3 is 9.84 Å². The SMILES string of the molecule is COc1ccc(-c2cc(-c3ccc(C)cc3)nc(NN=Cc3c(O)ccc4ccccc34)n2)cc1. The van der Waals surface area contributed by atoms with Crippen LogP contribution in [0.1, 0.15) is 11.1 Å². The molecule has 0 atom stereocenters. The van der Waals surface area contributed by atoms with E-state index in [0.29, 0.717) is 11.5 Å². The van der Waals surface area contributed by atoms with E-state index in [-0.39, 0.29) is 5.75 Å². The molecule has 0 aliphatic carbocycles. The first-order chi connectivity index (χ1) is 17.1. The van der Waals surface area contributed by atoms with Gasteiger partial charge in [-0.2, -0.15) is 5.10 Å². The van der Waals surface area contributed by atoms with Gasteiger partial charge in [-0.15, -0.1) is 0 Å². The summed E-state index contributed by atoms with van der Waals surface area (Å²) in [4.78, 5) is 9.36. The van der Waals surface area contributed by atoms with Crippen molar-refractivity contribution in [2.75, 3.05) is 12.5 Å². The van der Waals surface area contributed by atoms with Crippen molar-refractivity contribution in [3.05, 3.63) is 102 Å². The van der Waals surface area contributed by atoms with Crippen LogP contribution in [0.4, 0.5) is 5.95 Å². The Hall–Kier alpha value is -4.71. The molecule has 1 heterocycles. The molecule has 1 aromatic heterocycles. The Morgan fingerprint density at radius 2 is 1.49 bits per heavy atom. The molecule has 0 unspecified atom stereocenters. The molecule has 6 heteroatoms. The van der Waals surface area contributed by atoms with Crippen LogP contribution in [0.3, 0.4) is 0 Å². The van der Waals surface area contributed by atoms with Gasteiger partial charge in [-0.1, -0.05) is 60.2 Å². The van der Waals surface area contributed by atoms with Crippen molar-refractivity contribution in [1.82, 2.24) is 9.97 Å². The van der Waals surface area contributed by atoms with Crippen LogP contribution >= 0.6 is 0 Å². The van der Waals surface area contributed by atoms with Gasteiger partial charge in [0.25, 0.3) is 0 Å². The number of rotatable bonds is 6. The molecule has 2 N–H and O–H groups in total. The van der Waals surface area contributed by atoms with Gasteiger partial charge in [0.05, 0.1) is 24.7 Å². The molecule has 5 rings (SSSR count). The number of phenolic OH excluding ortho intramolecular Hbond substituents is 1. The van der Waals surface area contributed by atoms with Gasteiger partial charge in [-0.25, -0.2) is 15.4 Å². The van der Waals surface area contributed by atoms with Crippen LogP contribution in [0.5, 0.6) is 11.5 Å². The second-order valence-corrected chi connectivity index (χ2v) is 8.15. The largest absolute Gasteiger partial charge is 0.507 e. The zero-order chi connectivity index (χ0) is 24.2. The van der Waals surface area contributed by atoms with Crippen molar-refractivity contribution in [1.29, 1.82) is 0 Å². The number of anilines is 1. The van der Waals surface area contributed by atoms with Crippen LogP contribution in [-0.2, 0) is 0 Å². The number of hydrogen-bond acceptors (Lipinski definition) is 6. The lowest BCUT2D eigenvalue weighted by Gasteiger charge is -2.09. The lowest BCUT2D eigenvalue weighted by molar-refractivity contribution is 0.415. The number of nitrogens with one attached hydrogen (secondary N) is 1. The summed E-state index contributed by atoms with van der Waals surface area (Å²) in [5.41, 5.74) is 8.19. The summed E-state index contributed by atoms with van der Waals surface area (Å²) < 4.78 is 5.28. The number of methoxy groups -OCH3 is 1. The maximum absolute atomic E-state index is 10.4. The van der Waals surface area contributed by atoms with Gasteiger partial charge in [0.2, 0.25) is 5.95 Å². The number of aromatic nitrogens is 2. The quantitative estimate of drug-likeness (QED) is 0.225. The molecule has 0 amide bonds. The molecule has 6 nitrogen and oxygen atoms in total. The van der Waals surface area contributed by atoms with Gasteiger partial charge >= 0.3 is 0 Å². The van der Waals surface area contributed by atoms with Gasteiger partial charge in [-0.05, 0) is 54.1 Å². The monoisotopic (exact) mass is 460 g/mol. The lowest BCUT2D eigenvalue weighted by atomic mass is 10.0.